The van der Waals surface area contributed by atoms with E-state index in [1.807, 2.05) is 42.5 Å². The minimum Gasteiger partial charge on any atom is -0.494 e. The third-order valence-corrected chi connectivity index (χ3v) is 8.56. The number of rotatable bonds is 14. The number of Topliss-reactive ketones (excluding diaryl/α,β-unsaturated/α-hetero) is 1. The lowest BCUT2D eigenvalue weighted by Crippen LogP contribution is -2.45. The molecule has 9 nitrogen and oxygen atoms in total. The van der Waals surface area contributed by atoms with Crippen LogP contribution in [0.25, 0.3) is 0 Å². The number of carbonyl (C=O) groups is 4. The van der Waals surface area contributed by atoms with Gasteiger partial charge in [-0.1, -0.05) is 103 Å². The normalized spacial score (nSPS) is 17.1. The van der Waals surface area contributed by atoms with Crippen LogP contribution in [-0.4, -0.2) is 59.6 Å². The summed E-state index contributed by atoms with van der Waals surface area (Å²) in [4.78, 5) is 53.6. The van der Waals surface area contributed by atoms with E-state index in [9.17, 15) is 24.3 Å². The van der Waals surface area contributed by atoms with Gasteiger partial charge < -0.3 is 19.3 Å². The first-order valence-electron chi connectivity index (χ1n) is 16.1. The molecule has 1 saturated heterocycles. The number of aliphatic carboxylic acids is 1. The molecular formula is C39H39NO8. The fourth-order valence-corrected chi connectivity index (χ4v) is 6.31. The number of benzene rings is 4. The summed E-state index contributed by atoms with van der Waals surface area (Å²) < 4.78 is 16.9. The van der Waals surface area contributed by atoms with Gasteiger partial charge in [-0.05, 0) is 42.2 Å². The van der Waals surface area contributed by atoms with Crippen LogP contribution in [0.15, 0.2) is 115 Å². The summed E-state index contributed by atoms with van der Waals surface area (Å²) in [6.45, 7) is 1.77. The highest BCUT2D eigenvalue weighted by atomic mass is 16.6. The highest BCUT2D eigenvalue weighted by Crippen LogP contribution is 2.37. The Morgan fingerprint density at radius 1 is 0.812 bits per heavy atom. The predicted molar refractivity (Wildman–Crippen MR) is 179 cm³/mol. The Morgan fingerprint density at radius 3 is 2.04 bits per heavy atom. The Labute approximate surface area is 280 Å². The molecule has 0 bridgehead atoms. The average Bonchev–Trinajstić information content (AvgIpc) is 3.48. The Bertz CT molecular complexity index is 1640. The van der Waals surface area contributed by atoms with E-state index < -0.39 is 48.1 Å². The highest BCUT2D eigenvalue weighted by Gasteiger charge is 2.52. The van der Waals surface area contributed by atoms with Gasteiger partial charge in [-0.15, -0.1) is 0 Å². The predicted octanol–water partition coefficient (Wildman–Crippen LogP) is 6.76. The van der Waals surface area contributed by atoms with Gasteiger partial charge in [0, 0.05) is 29.9 Å². The third-order valence-electron chi connectivity index (χ3n) is 8.56. The summed E-state index contributed by atoms with van der Waals surface area (Å²) in [5.41, 5.74) is 3.37. The number of amides is 1. The van der Waals surface area contributed by atoms with Gasteiger partial charge in [0.05, 0.1) is 19.6 Å². The fraction of sp³-hybridized carbons (Fsp3) is 0.282. The SMILES string of the molecule is CCOC(=O)[C@@H]1[C@@H](CC(=O)O)[C@@H](C(=O)c2cccc(OCCC(c3ccccc3)c3ccccc3)c2)CN1C(=O)OCc1ccccc1. The Kier molecular flexibility index (Phi) is 11.6. The number of carboxylic acids is 1. The van der Waals surface area contributed by atoms with Crippen LogP contribution in [0.5, 0.6) is 5.75 Å². The van der Waals surface area contributed by atoms with Crippen molar-refractivity contribution in [2.75, 3.05) is 19.8 Å². The van der Waals surface area contributed by atoms with Crippen LogP contribution in [-0.2, 0) is 25.7 Å². The summed E-state index contributed by atoms with van der Waals surface area (Å²) in [5, 5.41) is 9.78. The molecule has 48 heavy (non-hydrogen) atoms. The van der Waals surface area contributed by atoms with E-state index in [2.05, 4.69) is 24.3 Å². The maximum atomic E-state index is 14.0. The average molecular weight is 650 g/mol. The zero-order valence-electron chi connectivity index (χ0n) is 26.8. The Morgan fingerprint density at radius 2 is 1.44 bits per heavy atom. The third kappa shape index (κ3) is 8.47. The van der Waals surface area contributed by atoms with Crippen LogP contribution in [0.3, 0.4) is 0 Å². The highest BCUT2D eigenvalue weighted by molar-refractivity contribution is 6.00. The second-order valence-electron chi connectivity index (χ2n) is 11.7. The summed E-state index contributed by atoms with van der Waals surface area (Å²) in [6, 6.07) is 34.8. The van der Waals surface area contributed by atoms with Crippen LogP contribution >= 0.6 is 0 Å². The van der Waals surface area contributed by atoms with Crippen molar-refractivity contribution in [2.24, 2.45) is 11.8 Å². The lowest BCUT2D eigenvalue weighted by atomic mass is 9.82. The second-order valence-corrected chi connectivity index (χ2v) is 11.7. The molecule has 0 saturated carbocycles. The molecule has 0 unspecified atom stereocenters. The van der Waals surface area contributed by atoms with Gasteiger partial charge in [0.1, 0.15) is 18.4 Å². The molecule has 0 spiro atoms. The van der Waals surface area contributed by atoms with Gasteiger partial charge in [0.25, 0.3) is 0 Å². The van der Waals surface area contributed by atoms with E-state index >= 15 is 0 Å². The van der Waals surface area contributed by atoms with Crippen LogP contribution in [0.4, 0.5) is 4.79 Å². The molecule has 1 fully saturated rings. The topological polar surface area (TPSA) is 119 Å². The van der Waals surface area contributed by atoms with E-state index in [1.54, 1.807) is 55.5 Å². The lowest BCUT2D eigenvalue weighted by molar-refractivity contribution is -0.150. The fourth-order valence-electron chi connectivity index (χ4n) is 6.31. The van der Waals surface area contributed by atoms with Crippen molar-refractivity contribution >= 4 is 23.8 Å². The lowest BCUT2D eigenvalue weighted by Gasteiger charge is -2.25. The summed E-state index contributed by atoms with van der Waals surface area (Å²) in [7, 11) is 0. The molecule has 1 N–H and O–H groups in total. The van der Waals surface area contributed by atoms with E-state index in [0.29, 0.717) is 18.8 Å². The molecule has 1 aliphatic heterocycles. The van der Waals surface area contributed by atoms with Gasteiger partial charge in [0.2, 0.25) is 0 Å². The first kappa shape index (κ1) is 33.9. The van der Waals surface area contributed by atoms with Crippen molar-refractivity contribution < 1.29 is 38.5 Å². The minimum absolute atomic E-state index is 0.0232. The molecule has 0 aromatic heterocycles. The number of hydrogen-bond acceptors (Lipinski definition) is 7. The molecule has 4 aromatic rings. The molecule has 0 radical (unpaired) electrons. The molecular weight excluding hydrogens is 610 g/mol. The number of esters is 1. The zero-order valence-corrected chi connectivity index (χ0v) is 26.8. The van der Waals surface area contributed by atoms with Gasteiger partial charge in [-0.3, -0.25) is 14.5 Å². The van der Waals surface area contributed by atoms with Crippen LogP contribution < -0.4 is 4.74 Å². The van der Waals surface area contributed by atoms with Crippen LogP contribution in [0, 0.1) is 11.8 Å². The van der Waals surface area contributed by atoms with Gasteiger partial charge in [-0.2, -0.15) is 0 Å². The number of likely N-dealkylation sites (tertiary alicyclic amines) is 1. The molecule has 5 rings (SSSR count). The minimum atomic E-state index is -1.30. The standard InChI is InChI=1S/C39H39NO8/c1-2-46-38(44)36-33(24-35(41)42)34(25-40(36)39(45)48-26-27-13-6-3-7-14-27)37(43)30-19-12-20-31(23-30)47-22-21-32(28-15-8-4-9-16-28)29-17-10-5-11-18-29/h3-20,23,32-34,36H,2,21-22,24-26H2,1H3,(H,41,42)/t33-,34-,36-/m0/s1. The number of ether oxygens (including phenoxy) is 3. The molecule has 248 valence electrons. The maximum Gasteiger partial charge on any atom is 0.410 e. The first-order chi connectivity index (χ1) is 23.4. The number of ketones is 1. The quantitative estimate of drug-likeness (QED) is 0.118. The second kappa shape index (κ2) is 16.4. The molecule has 9 heteroatoms. The Hall–Kier alpha value is -5.44. The zero-order chi connectivity index (χ0) is 33.9. The molecule has 1 aliphatic rings. The molecule has 0 aliphatic carbocycles. The van der Waals surface area contributed by atoms with Crippen LogP contribution in [0.2, 0.25) is 0 Å². The molecule has 4 aromatic carbocycles. The maximum absolute atomic E-state index is 14.0. The van der Waals surface area contributed by atoms with Gasteiger partial charge >= 0.3 is 18.0 Å². The molecule has 3 atom stereocenters. The van der Waals surface area contributed by atoms with E-state index in [4.69, 9.17) is 14.2 Å². The molecule has 1 heterocycles. The van der Waals surface area contributed by atoms with Crippen molar-refractivity contribution in [3.63, 3.8) is 0 Å². The van der Waals surface area contributed by atoms with E-state index in [1.165, 1.54) is 11.1 Å². The van der Waals surface area contributed by atoms with E-state index in [-0.39, 0.29) is 31.2 Å². The number of carbonyl (C=O) groups excluding carboxylic acids is 3. The van der Waals surface area contributed by atoms with Gasteiger partial charge in [0.15, 0.2) is 5.78 Å². The monoisotopic (exact) mass is 649 g/mol. The summed E-state index contributed by atoms with van der Waals surface area (Å²) in [5.74, 6) is -3.80. The molecule has 1 amide bonds. The number of hydrogen-bond donors (Lipinski definition) is 1. The van der Waals surface area contributed by atoms with Crippen molar-refractivity contribution in [2.45, 2.75) is 38.3 Å². The van der Waals surface area contributed by atoms with Crippen molar-refractivity contribution in [3.8, 4) is 5.75 Å². The summed E-state index contributed by atoms with van der Waals surface area (Å²) in [6.07, 6.45) is -0.651. The van der Waals surface area contributed by atoms with Crippen molar-refractivity contribution in [1.82, 2.24) is 4.90 Å². The van der Waals surface area contributed by atoms with Crippen molar-refractivity contribution in [1.29, 1.82) is 0 Å². The number of nitrogens with zero attached hydrogens (tertiary/aromatic N) is 1. The largest absolute Gasteiger partial charge is 0.494 e. The number of carboxylic acid groups (broad SMARTS) is 1. The first-order valence-corrected chi connectivity index (χ1v) is 16.1. The van der Waals surface area contributed by atoms with Gasteiger partial charge in [-0.25, -0.2) is 9.59 Å². The Balaban J connectivity index is 1.33. The van der Waals surface area contributed by atoms with Crippen LogP contribution in [0.1, 0.15) is 52.7 Å². The summed E-state index contributed by atoms with van der Waals surface area (Å²) >= 11 is 0. The smallest absolute Gasteiger partial charge is 0.410 e. The van der Waals surface area contributed by atoms with Crippen molar-refractivity contribution in [3.05, 3.63) is 138 Å². The van der Waals surface area contributed by atoms with E-state index in [0.717, 1.165) is 10.5 Å².